The Kier molecular flexibility index (Phi) is 4.42. The fourth-order valence-corrected chi connectivity index (χ4v) is 2.55. The van der Waals surface area contributed by atoms with Crippen LogP contribution in [-0.4, -0.2) is 49.4 Å². The zero-order chi connectivity index (χ0) is 15.8. The summed E-state index contributed by atoms with van der Waals surface area (Å²) in [5, 5.41) is 9.06. The highest BCUT2D eigenvalue weighted by molar-refractivity contribution is 7.46. The summed E-state index contributed by atoms with van der Waals surface area (Å²) in [6.07, 6.45) is -5.91. The minimum absolute atomic E-state index is 0.692. The van der Waals surface area contributed by atoms with Crippen molar-refractivity contribution in [2.75, 3.05) is 6.61 Å². The molecule has 21 heavy (non-hydrogen) atoms. The fraction of sp³-hybridized carbons (Fsp3) is 0.556. The second-order valence-electron chi connectivity index (χ2n) is 4.27. The second kappa shape index (κ2) is 5.79. The normalized spacial score (nSPS) is 29.7. The van der Waals surface area contributed by atoms with Gasteiger partial charge in [-0.25, -0.2) is 13.8 Å². The molecule has 4 atom stereocenters. The molecule has 0 spiro atoms. The summed E-state index contributed by atoms with van der Waals surface area (Å²) in [4.78, 5) is 41.8. The van der Waals surface area contributed by atoms with E-state index in [2.05, 4.69) is 4.52 Å². The van der Waals surface area contributed by atoms with Crippen LogP contribution >= 0.6 is 7.82 Å². The molecule has 0 aromatic carbocycles. The highest BCUT2D eigenvalue weighted by Crippen LogP contribution is 2.44. The van der Waals surface area contributed by atoms with Crippen molar-refractivity contribution in [1.82, 2.24) is 9.55 Å². The molecule has 10 nitrogen and oxygen atoms in total. The van der Waals surface area contributed by atoms with Gasteiger partial charge in [0.1, 0.15) is 12.2 Å². The largest absolute Gasteiger partial charge is 0.470 e. The molecule has 0 unspecified atom stereocenters. The minimum atomic E-state index is -5.02. The van der Waals surface area contributed by atoms with Crippen LogP contribution in [0.2, 0.25) is 0 Å². The van der Waals surface area contributed by atoms with Gasteiger partial charge in [-0.2, -0.15) is 0 Å². The number of nitrogens with one attached hydrogen (secondary N) is 1. The number of aromatic amines is 1. The molecular weight excluding hydrogens is 314 g/mol. The van der Waals surface area contributed by atoms with Crippen LogP contribution in [0, 0.1) is 0 Å². The molecule has 0 radical (unpaired) electrons. The van der Waals surface area contributed by atoms with E-state index in [1.54, 1.807) is 0 Å². The number of ether oxygens (including phenoxy) is 1. The van der Waals surface area contributed by atoms with E-state index in [1.807, 2.05) is 4.98 Å². The van der Waals surface area contributed by atoms with Crippen LogP contribution in [0.15, 0.2) is 21.9 Å². The highest BCUT2D eigenvalue weighted by Gasteiger charge is 2.49. The van der Waals surface area contributed by atoms with Crippen molar-refractivity contribution in [1.29, 1.82) is 0 Å². The Morgan fingerprint density at radius 1 is 1.48 bits per heavy atom. The average Bonchev–Trinajstić information content (AvgIpc) is 2.65. The number of H-pyrrole nitrogens is 1. The third kappa shape index (κ3) is 3.46. The van der Waals surface area contributed by atoms with Gasteiger partial charge in [0.2, 0.25) is 0 Å². The van der Waals surface area contributed by atoms with Crippen LogP contribution in [0.3, 0.4) is 0 Å². The zero-order valence-electron chi connectivity index (χ0n) is 10.3. The lowest BCUT2D eigenvalue weighted by atomic mass is 10.1. The number of phosphoric acid groups is 1. The maximum atomic E-state index is 14.2. The van der Waals surface area contributed by atoms with Crippen molar-refractivity contribution in [3.05, 3.63) is 33.1 Å². The number of halogens is 1. The van der Waals surface area contributed by atoms with Crippen molar-refractivity contribution >= 4 is 7.82 Å². The van der Waals surface area contributed by atoms with Gasteiger partial charge in [-0.15, -0.1) is 0 Å². The van der Waals surface area contributed by atoms with Gasteiger partial charge >= 0.3 is 13.5 Å². The van der Waals surface area contributed by atoms with Gasteiger partial charge in [0.05, 0.1) is 6.61 Å². The molecule has 0 bridgehead atoms. The first-order valence-corrected chi connectivity index (χ1v) is 7.22. The first kappa shape index (κ1) is 16.0. The van der Waals surface area contributed by atoms with Crippen molar-refractivity contribution < 1.29 is 33.1 Å². The van der Waals surface area contributed by atoms with Crippen LogP contribution in [0.25, 0.3) is 0 Å². The Balaban J connectivity index is 2.33. The summed E-state index contributed by atoms with van der Waals surface area (Å²) in [5.41, 5.74) is -1.67. The lowest BCUT2D eigenvalue weighted by Gasteiger charge is -2.18. The van der Waals surface area contributed by atoms with Gasteiger partial charge < -0.3 is 19.6 Å². The number of phosphoric ester groups is 1. The minimum Gasteiger partial charge on any atom is -0.394 e. The molecule has 0 saturated carbocycles. The topological polar surface area (TPSA) is 151 Å². The average molecular weight is 326 g/mol. The number of rotatable bonds is 4. The van der Waals surface area contributed by atoms with Gasteiger partial charge in [-0.3, -0.25) is 18.9 Å². The third-order valence-corrected chi connectivity index (χ3v) is 3.35. The van der Waals surface area contributed by atoms with E-state index in [-0.39, 0.29) is 0 Å². The summed E-state index contributed by atoms with van der Waals surface area (Å²) < 4.78 is 35.0. The SMILES string of the molecule is O=c1ccn([C@@H]2O[C@@H](CO)[C@@H](OP(=O)(O)O)[C@H]2F)c(=O)[nH]1. The van der Waals surface area contributed by atoms with Gasteiger partial charge in [0.15, 0.2) is 12.4 Å². The Morgan fingerprint density at radius 3 is 2.67 bits per heavy atom. The zero-order valence-corrected chi connectivity index (χ0v) is 11.2. The Labute approximate surface area is 116 Å². The predicted octanol–water partition coefficient (Wildman–Crippen LogP) is -1.76. The van der Waals surface area contributed by atoms with Crippen LogP contribution in [0.1, 0.15) is 6.23 Å². The van der Waals surface area contributed by atoms with Crippen molar-refractivity contribution in [2.45, 2.75) is 24.6 Å². The van der Waals surface area contributed by atoms with Crippen LogP contribution in [0.5, 0.6) is 0 Å². The van der Waals surface area contributed by atoms with E-state index in [0.717, 1.165) is 12.3 Å². The smallest absolute Gasteiger partial charge is 0.394 e. The first-order valence-electron chi connectivity index (χ1n) is 5.69. The quantitative estimate of drug-likeness (QED) is 0.475. The number of alkyl halides is 1. The van der Waals surface area contributed by atoms with Crippen molar-refractivity contribution in [2.24, 2.45) is 0 Å². The maximum absolute atomic E-state index is 14.2. The molecule has 1 aromatic rings. The lowest BCUT2D eigenvalue weighted by Crippen LogP contribution is -2.36. The first-order chi connectivity index (χ1) is 9.73. The number of hydrogen-bond acceptors (Lipinski definition) is 6. The summed E-state index contributed by atoms with van der Waals surface area (Å²) in [7, 11) is -5.02. The Bertz CT molecular complexity index is 668. The molecule has 1 aliphatic heterocycles. The summed E-state index contributed by atoms with van der Waals surface area (Å²) in [6, 6.07) is 0.947. The number of aliphatic hydroxyl groups is 1. The number of aromatic nitrogens is 2. The molecule has 1 fully saturated rings. The molecule has 4 N–H and O–H groups in total. The predicted molar refractivity (Wildman–Crippen MR) is 64.1 cm³/mol. The monoisotopic (exact) mass is 326 g/mol. The van der Waals surface area contributed by atoms with Crippen LogP contribution in [-0.2, 0) is 13.8 Å². The fourth-order valence-electron chi connectivity index (χ4n) is 1.98. The summed E-state index contributed by atoms with van der Waals surface area (Å²) in [6.45, 7) is -0.778. The van der Waals surface area contributed by atoms with Crippen LogP contribution in [0.4, 0.5) is 4.39 Å². The molecule has 1 aliphatic rings. The van der Waals surface area contributed by atoms with Gasteiger partial charge in [-0.05, 0) is 0 Å². The standard InChI is InChI=1S/C9H12FN2O8P/c10-6-7(20-21(16,17)18)4(3-13)19-8(6)12-2-1-5(14)11-9(12)15/h1-2,4,6-8,13H,3H2,(H,11,14,15)(H2,16,17,18)/t4-,6+,7+,8+/m0/s1. The van der Waals surface area contributed by atoms with Crippen LogP contribution < -0.4 is 11.2 Å². The lowest BCUT2D eigenvalue weighted by molar-refractivity contribution is -0.0487. The molecular formula is C9H12FN2O8P. The molecule has 118 valence electrons. The van der Waals surface area contributed by atoms with E-state index in [4.69, 9.17) is 19.6 Å². The molecule has 1 aromatic heterocycles. The number of aliphatic hydroxyl groups excluding tert-OH is 1. The summed E-state index contributed by atoms with van der Waals surface area (Å²) >= 11 is 0. The Morgan fingerprint density at radius 2 is 2.14 bits per heavy atom. The highest BCUT2D eigenvalue weighted by atomic mass is 31.2. The summed E-state index contributed by atoms with van der Waals surface area (Å²) in [5.74, 6) is 0. The van der Waals surface area contributed by atoms with E-state index >= 15 is 0 Å². The molecule has 1 saturated heterocycles. The van der Waals surface area contributed by atoms with E-state index in [0.29, 0.717) is 4.57 Å². The van der Waals surface area contributed by atoms with Gasteiger partial charge in [-0.1, -0.05) is 0 Å². The van der Waals surface area contributed by atoms with Crippen molar-refractivity contribution in [3.8, 4) is 0 Å². The molecule has 2 heterocycles. The number of hydrogen-bond donors (Lipinski definition) is 4. The van der Waals surface area contributed by atoms with Gasteiger partial charge in [0.25, 0.3) is 5.56 Å². The van der Waals surface area contributed by atoms with Crippen molar-refractivity contribution in [3.63, 3.8) is 0 Å². The Hall–Kier alpha value is -1.36. The number of nitrogens with zero attached hydrogens (tertiary/aromatic N) is 1. The molecule has 0 aliphatic carbocycles. The molecule has 12 heteroatoms. The third-order valence-electron chi connectivity index (χ3n) is 2.83. The van der Waals surface area contributed by atoms with E-state index in [9.17, 15) is 18.5 Å². The van der Waals surface area contributed by atoms with E-state index in [1.165, 1.54) is 0 Å². The molecule has 0 amide bonds. The molecule has 2 rings (SSSR count). The maximum Gasteiger partial charge on any atom is 0.470 e. The van der Waals surface area contributed by atoms with Gasteiger partial charge in [0, 0.05) is 12.3 Å². The second-order valence-corrected chi connectivity index (χ2v) is 5.46. The van der Waals surface area contributed by atoms with E-state index < -0.39 is 50.3 Å².